The normalized spacial score (nSPS) is 20.5. The number of rotatable bonds is 2. The molecule has 0 bridgehead atoms. The van der Waals surface area contributed by atoms with Crippen LogP contribution in [0.25, 0.3) is 10.6 Å². The molecule has 0 radical (unpaired) electrons. The summed E-state index contributed by atoms with van der Waals surface area (Å²) >= 11 is 16.2. The SMILES string of the molecule is CB(O)N1CCN([C@H]2c3ccc(Cl)cc3C(Br)=Cc3cc(Cl)cnc32)CC1. The highest BCUT2D eigenvalue weighted by Gasteiger charge is 2.33. The van der Waals surface area contributed by atoms with Crippen LogP contribution in [0.2, 0.25) is 16.9 Å². The first-order valence-corrected chi connectivity index (χ1v) is 10.5. The topological polar surface area (TPSA) is 39.6 Å². The number of piperazine rings is 1. The van der Waals surface area contributed by atoms with Gasteiger partial charge in [-0.05, 0) is 42.2 Å². The number of pyridine rings is 1. The summed E-state index contributed by atoms with van der Waals surface area (Å²) in [6.45, 7) is 5.14. The van der Waals surface area contributed by atoms with Gasteiger partial charge in [-0.15, -0.1) is 0 Å². The van der Waals surface area contributed by atoms with Gasteiger partial charge in [0.25, 0.3) is 0 Å². The Hall–Kier alpha value is -0.885. The molecule has 1 fully saturated rings. The van der Waals surface area contributed by atoms with E-state index in [-0.39, 0.29) is 6.04 Å². The number of hydrogen-bond acceptors (Lipinski definition) is 4. The summed E-state index contributed by atoms with van der Waals surface area (Å²) in [5, 5.41) is 11.2. The predicted octanol–water partition coefficient (Wildman–Crippen LogP) is 4.41. The van der Waals surface area contributed by atoms with Gasteiger partial charge in [0, 0.05) is 47.4 Å². The van der Waals surface area contributed by atoms with Gasteiger partial charge in [0.2, 0.25) is 0 Å². The zero-order chi connectivity index (χ0) is 19.1. The van der Waals surface area contributed by atoms with Crippen LogP contribution in [0.5, 0.6) is 0 Å². The van der Waals surface area contributed by atoms with Crippen molar-refractivity contribution in [3.63, 3.8) is 0 Å². The van der Waals surface area contributed by atoms with Crippen LogP contribution in [0.15, 0.2) is 30.5 Å². The number of nitrogens with zero attached hydrogens (tertiary/aromatic N) is 3. The van der Waals surface area contributed by atoms with Crippen LogP contribution in [0.1, 0.15) is 28.4 Å². The van der Waals surface area contributed by atoms with Gasteiger partial charge in [-0.3, -0.25) is 9.88 Å². The summed E-state index contributed by atoms with van der Waals surface area (Å²) in [4.78, 5) is 9.22. The van der Waals surface area contributed by atoms with Gasteiger partial charge in [0.05, 0.1) is 16.8 Å². The number of aromatic nitrogens is 1. The molecule has 1 aliphatic heterocycles. The maximum atomic E-state index is 9.88. The minimum absolute atomic E-state index is 0.00647. The monoisotopic (exact) mass is 465 g/mol. The van der Waals surface area contributed by atoms with Crippen LogP contribution in [0.4, 0.5) is 0 Å². The van der Waals surface area contributed by atoms with Crippen molar-refractivity contribution in [3.05, 3.63) is 62.9 Å². The zero-order valence-electron chi connectivity index (χ0n) is 14.9. The second kappa shape index (κ2) is 7.86. The molecule has 1 aliphatic carbocycles. The van der Waals surface area contributed by atoms with E-state index in [0.29, 0.717) is 10.0 Å². The van der Waals surface area contributed by atoms with Crippen LogP contribution in [0, 0.1) is 0 Å². The van der Waals surface area contributed by atoms with E-state index in [1.165, 1.54) is 5.56 Å². The van der Waals surface area contributed by atoms with E-state index in [9.17, 15) is 5.02 Å². The molecule has 0 unspecified atom stereocenters. The number of fused-ring (bicyclic) bond motifs is 2. The van der Waals surface area contributed by atoms with E-state index in [1.54, 1.807) is 6.20 Å². The van der Waals surface area contributed by atoms with Gasteiger partial charge in [0.1, 0.15) is 0 Å². The third-order valence-corrected chi connectivity index (χ3v) is 6.36. The Morgan fingerprint density at radius 1 is 1.15 bits per heavy atom. The average Bonchev–Trinajstić information content (AvgIpc) is 2.75. The van der Waals surface area contributed by atoms with Crippen LogP contribution >= 0.6 is 39.1 Å². The lowest BCUT2D eigenvalue weighted by atomic mass is 9.84. The smallest absolute Gasteiger partial charge is 0.376 e. The second-order valence-corrected chi connectivity index (χ2v) is 8.69. The fourth-order valence-corrected chi connectivity index (χ4v) is 4.81. The molecule has 27 heavy (non-hydrogen) atoms. The highest BCUT2D eigenvalue weighted by atomic mass is 79.9. The van der Waals surface area contributed by atoms with Crippen molar-refractivity contribution >= 4 is 56.7 Å². The lowest BCUT2D eigenvalue weighted by Crippen LogP contribution is -2.52. The quantitative estimate of drug-likeness (QED) is 0.665. The molecule has 8 heteroatoms. The Bertz CT molecular complexity index is 901. The highest BCUT2D eigenvalue weighted by Crippen LogP contribution is 2.42. The molecule has 0 spiro atoms. The number of halogens is 3. The molecule has 2 heterocycles. The predicted molar refractivity (Wildman–Crippen MR) is 116 cm³/mol. The molecule has 4 rings (SSSR count). The summed E-state index contributed by atoms with van der Waals surface area (Å²) in [6, 6.07) is 7.97. The van der Waals surface area contributed by atoms with Crippen LogP contribution in [0.3, 0.4) is 0 Å². The molecule has 140 valence electrons. The number of benzene rings is 1. The van der Waals surface area contributed by atoms with Crippen molar-refractivity contribution in [3.8, 4) is 0 Å². The maximum absolute atomic E-state index is 9.88. The third-order valence-electron chi connectivity index (χ3n) is 5.27. The molecule has 1 saturated heterocycles. The molecule has 4 nitrogen and oxygen atoms in total. The standard InChI is InChI=1S/C19H19BBrCl2N3O/c1-20(27)26-6-4-25(5-7-26)19-15-3-2-13(22)10-16(15)17(21)9-12-8-14(23)11-24-18(12)19/h2-3,8-11,19,27H,4-7H2,1H3/t19-/m0/s1. The summed E-state index contributed by atoms with van der Waals surface area (Å²) < 4.78 is 0.968. The average molecular weight is 467 g/mol. The van der Waals surface area contributed by atoms with Crippen molar-refractivity contribution in [1.29, 1.82) is 0 Å². The lowest BCUT2D eigenvalue weighted by molar-refractivity contribution is 0.144. The van der Waals surface area contributed by atoms with Gasteiger partial charge in [-0.2, -0.15) is 0 Å². The highest BCUT2D eigenvalue weighted by molar-refractivity contribution is 9.15. The van der Waals surface area contributed by atoms with E-state index >= 15 is 0 Å². The van der Waals surface area contributed by atoms with Gasteiger partial charge in [0.15, 0.2) is 0 Å². The minimum Gasteiger partial charge on any atom is -0.437 e. The van der Waals surface area contributed by atoms with Gasteiger partial charge < -0.3 is 9.83 Å². The van der Waals surface area contributed by atoms with Crippen molar-refractivity contribution < 1.29 is 5.02 Å². The first-order valence-electron chi connectivity index (χ1n) is 8.92. The zero-order valence-corrected chi connectivity index (χ0v) is 18.0. The van der Waals surface area contributed by atoms with Gasteiger partial charge >= 0.3 is 7.05 Å². The molecular formula is C19H19BBrCl2N3O. The molecular weight excluding hydrogens is 448 g/mol. The molecule has 1 aromatic carbocycles. The van der Waals surface area contributed by atoms with E-state index in [4.69, 9.17) is 28.2 Å². The summed E-state index contributed by atoms with van der Waals surface area (Å²) in [5.41, 5.74) is 4.23. The summed E-state index contributed by atoms with van der Waals surface area (Å²) in [5.74, 6) is 0. The Balaban J connectivity index is 1.81. The minimum atomic E-state index is -0.424. The third kappa shape index (κ3) is 3.84. The summed E-state index contributed by atoms with van der Waals surface area (Å²) in [7, 11) is -0.424. The fourth-order valence-electron chi connectivity index (χ4n) is 3.88. The molecule has 2 aromatic rings. The van der Waals surface area contributed by atoms with E-state index < -0.39 is 7.05 Å². The van der Waals surface area contributed by atoms with Crippen LogP contribution < -0.4 is 0 Å². The Morgan fingerprint density at radius 3 is 2.59 bits per heavy atom. The van der Waals surface area contributed by atoms with Crippen LogP contribution in [-0.4, -0.2) is 52.9 Å². The Kier molecular flexibility index (Phi) is 5.65. The summed E-state index contributed by atoms with van der Waals surface area (Å²) in [6.07, 6.45) is 3.78. The first kappa shape index (κ1) is 19.4. The van der Waals surface area contributed by atoms with Gasteiger partial charge in [-0.1, -0.05) is 45.2 Å². The number of hydrogen-bond donors (Lipinski definition) is 1. The molecule has 2 aliphatic rings. The van der Waals surface area contributed by atoms with Crippen LogP contribution in [-0.2, 0) is 0 Å². The van der Waals surface area contributed by atoms with Crippen molar-refractivity contribution in [2.75, 3.05) is 26.2 Å². The fraction of sp³-hybridized carbons (Fsp3) is 0.316. The Labute approximate surface area is 178 Å². The molecule has 0 amide bonds. The van der Waals surface area contributed by atoms with Gasteiger partial charge in [-0.25, -0.2) is 0 Å². The van der Waals surface area contributed by atoms with E-state index in [2.05, 4.69) is 37.8 Å². The Morgan fingerprint density at radius 2 is 1.89 bits per heavy atom. The largest absolute Gasteiger partial charge is 0.437 e. The van der Waals surface area contributed by atoms with E-state index in [0.717, 1.165) is 47.5 Å². The maximum Gasteiger partial charge on any atom is 0.376 e. The molecule has 1 atom stereocenters. The van der Waals surface area contributed by atoms with Crippen molar-refractivity contribution in [1.82, 2.24) is 14.7 Å². The van der Waals surface area contributed by atoms with E-state index in [1.807, 2.05) is 25.0 Å². The second-order valence-electron chi connectivity index (χ2n) is 6.96. The van der Waals surface area contributed by atoms with Crippen molar-refractivity contribution in [2.24, 2.45) is 0 Å². The molecule has 1 aromatic heterocycles. The molecule has 0 saturated carbocycles. The lowest BCUT2D eigenvalue weighted by Gasteiger charge is -2.40. The van der Waals surface area contributed by atoms with Crippen molar-refractivity contribution in [2.45, 2.75) is 12.9 Å². The first-order chi connectivity index (χ1) is 12.9. The molecule has 1 N–H and O–H groups in total.